The lowest BCUT2D eigenvalue weighted by Crippen LogP contribution is -2.74. The van der Waals surface area contributed by atoms with E-state index in [1.165, 1.54) is 4.57 Å². The Morgan fingerprint density at radius 3 is 2.41 bits per heavy atom. The number of pyridine rings is 1. The van der Waals surface area contributed by atoms with Gasteiger partial charge in [0.05, 0.1) is 28.5 Å². The van der Waals surface area contributed by atoms with Crippen molar-refractivity contribution in [2.24, 2.45) is 17.9 Å². The molecule has 1 saturated heterocycles. The van der Waals surface area contributed by atoms with Crippen molar-refractivity contribution in [3.05, 3.63) is 124 Å². The van der Waals surface area contributed by atoms with Crippen molar-refractivity contribution in [3.8, 4) is 34.4 Å². The summed E-state index contributed by atoms with van der Waals surface area (Å²) in [6, 6.07) is 21.8. The third kappa shape index (κ3) is 10.5. The molecule has 4 heterocycles. The Bertz CT molecular complexity index is 3010. The van der Waals surface area contributed by atoms with Gasteiger partial charge in [-0.15, -0.1) is 0 Å². The van der Waals surface area contributed by atoms with Crippen LogP contribution in [0.25, 0.3) is 22.0 Å². The van der Waals surface area contributed by atoms with E-state index in [1.807, 2.05) is 24.3 Å². The first-order valence-electron chi connectivity index (χ1n) is 22.8. The molecule has 6 aromatic rings. The highest BCUT2D eigenvalue weighted by Crippen LogP contribution is 2.55. The van der Waals surface area contributed by atoms with Gasteiger partial charge in [0.1, 0.15) is 34.9 Å². The molecule has 356 valence electrons. The number of piperidine rings is 1. The molecule has 15 nitrogen and oxygen atoms in total. The maximum absolute atomic E-state index is 13.4. The van der Waals surface area contributed by atoms with Gasteiger partial charge in [-0.2, -0.15) is 5.26 Å². The SMILES string of the molecule is Cn1cc(-c2cc(NS(C)(=O)=O)ccc2Oc2cccc(CCCCCOC3CCN(c4ncc(C(=O)NC5C(C)(C)C(Oc6ccc(C#N)c(Cl)c6)C5(C)C)cn4)CC3)c2)c2cc[nH]c2c1=O. The summed E-state index contributed by atoms with van der Waals surface area (Å²) in [7, 11) is -1.86. The Labute approximate surface area is 401 Å². The summed E-state index contributed by atoms with van der Waals surface area (Å²) >= 11 is 6.25. The van der Waals surface area contributed by atoms with Crippen molar-refractivity contribution in [3.63, 3.8) is 0 Å². The van der Waals surface area contributed by atoms with E-state index in [2.05, 4.69) is 69.7 Å². The molecule has 1 aliphatic carbocycles. The second kappa shape index (κ2) is 19.7. The molecule has 2 aliphatic rings. The number of H-pyrrole nitrogens is 1. The zero-order valence-electron chi connectivity index (χ0n) is 39.1. The fourth-order valence-electron chi connectivity index (χ4n) is 9.97. The number of benzene rings is 3. The number of fused-ring (bicyclic) bond motifs is 1. The van der Waals surface area contributed by atoms with Gasteiger partial charge in [0.15, 0.2) is 0 Å². The van der Waals surface area contributed by atoms with E-state index in [9.17, 15) is 23.3 Å². The van der Waals surface area contributed by atoms with Gasteiger partial charge in [0.25, 0.3) is 11.5 Å². The summed E-state index contributed by atoms with van der Waals surface area (Å²) in [5.74, 6) is 2.10. The number of rotatable bonds is 17. The molecule has 0 radical (unpaired) electrons. The fraction of sp³-hybridized carbons (Fsp3) is 0.392. The van der Waals surface area contributed by atoms with E-state index in [0.717, 1.165) is 69.0 Å². The summed E-state index contributed by atoms with van der Waals surface area (Å²) in [5, 5.41) is 13.5. The van der Waals surface area contributed by atoms with E-state index in [0.29, 0.717) is 68.1 Å². The van der Waals surface area contributed by atoms with Gasteiger partial charge >= 0.3 is 0 Å². The van der Waals surface area contributed by atoms with Crippen LogP contribution in [-0.2, 0) is 28.2 Å². The predicted octanol–water partition coefficient (Wildman–Crippen LogP) is 9.02. The molecular formula is C51H57ClN8O7S. The van der Waals surface area contributed by atoms with Crippen molar-refractivity contribution in [1.82, 2.24) is 24.8 Å². The number of unbranched alkanes of at least 4 members (excludes halogenated alkanes) is 2. The number of sulfonamides is 1. The Hall–Kier alpha value is -6.41. The van der Waals surface area contributed by atoms with Crippen LogP contribution in [0.15, 0.2) is 96.3 Å². The monoisotopic (exact) mass is 960 g/mol. The lowest BCUT2D eigenvalue weighted by molar-refractivity contribution is -0.164. The van der Waals surface area contributed by atoms with Crippen molar-refractivity contribution >= 4 is 50.1 Å². The number of aromatic amines is 1. The molecular weight excluding hydrogens is 904 g/mol. The maximum atomic E-state index is 13.4. The highest BCUT2D eigenvalue weighted by atomic mass is 35.5. The van der Waals surface area contributed by atoms with E-state index in [-0.39, 0.29) is 29.7 Å². The van der Waals surface area contributed by atoms with E-state index in [4.69, 9.17) is 25.8 Å². The highest BCUT2D eigenvalue weighted by Gasteiger charge is 2.64. The zero-order valence-corrected chi connectivity index (χ0v) is 40.7. The first kappa shape index (κ1) is 48.1. The van der Waals surface area contributed by atoms with Crippen LogP contribution in [0.3, 0.4) is 0 Å². The summed E-state index contributed by atoms with van der Waals surface area (Å²) in [6.07, 6.45) is 13.2. The number of carbonyl (C=O) groups is 1. The highest BCUT2D eigenvalue weighted by molar-refractivity contribution is 7.92. The largest absolute Gasteiger partial charge is 0.489 e. The molecule has 68 heavy (non-hydrogen) atoms. The van der Waals surface area contributed by atoms with Crippen LogP contribution in [0.1, 0.15) is 81.3 Å². The van der Waals surface area contributed by atoms with Gasteiger partial charge in [0.2, 0.25) is 16.0 Å². The zero-order chi connectivity index (χ0) is 48.4. The average Bonchev–Trinajstić information content (AvgIpc) is 3.81. The summed E-state index contributed by atoms with van der Waals surface area (Å²) in [5.41, 5.74) is 3.14. The Morgan fingerprint density at radius 2 is 1.71 bits per heavy atom. The van der Waals surface area contributed by atoms with Crippen LogP contribution < -0.4 is 30.0 Å². The lowest BCUT2D eigenvalue weighted by atomic mass is 9.49. The normalized spacial score (nSPS) is 17.8. The van der Waals surface area contributed by atoms with Crippen LogP contribution >= 0.6 is 11.6 Å². The van der Waals surface area contributed by atoms with Crippen molar-refractivity contribution in [1.29, 1.82) is 5.26 Å². The van der Waals surface area contributed by atoms with Gasteiger partial charge in [-0.1, -0.05) is 57.8 Å². The van der Waals surface area contributed by atoms with E-state index >= 15 is 0 Å². The fourth-order valence-corrected chi connectivity index (χ4v) is 10.7. The first-order chi connectivity index (χ1) is 32.4. The predicted molar refractivity (Wildman–Crippen MR) is 264 cm³/mol. The van der Waals surface area contributed by atoms with Gasteiger partial charge in [-0.05, 0) is 86.2 Å². The molecule has 3 aromatic heterocycles. The Kier molecular flexibility index (Phi) is 13.9. The smallest absolute Gasteiger partial charge is 0.274 e. The van der Waals surface area contributed by atoms with E-state index in [1.54, 1.807) is 68.2 Å². The number of halogens is 1. The number of aromatic nitrogens is 4. The number of anilines is 2. The minimum absolute atomic E-state index is 0.163. The third-order valence-corrected chi connectivity index (χ3v) is 14.0. The maximum Gasteiger partial charge on any atom is 0.274 e. The minimum atomic E-state index is -3.53. The molecule has 2 fully saturated rings. The number of amides is 1. The number of nitrogens with zero attached hydrogens (tertiary/aromatic N) is 5. The molecule has 8 rings (SSSR count). The average molecular weight is 962 g/mol. The van der Waals surface area contributed by atoms with Crippen LogP contribution in [-0.4, -0.2) is 78.0 Å². The molecule has 1 amide bonds. The van der Waals surface area contributed by atoms with Crippen molar-refractivity contribution < 1.29 is 27.4 Å². The van der Waals surface area contributed by atoms with E-state index < -0.39 is 20.9 Å². The summed E-state index contributed by atoms with van der Waals surface area (Å²) < 4.78 is 47.4. The van der Waals surface area contributed by atoms with Gasteiger partial charge in [-0.25, -0.2) is 18.4 Å². The number of aryl methyl sites for hydroxylation is 2. The third-order valence-electron chi connectivity index (χ3n) is 13.1. The number of hydrogen-bond donors (Lipinski definition) is 3. The Balaban J connectivity index is 0.773. The van der Waals surface area contributed by atoms with Gasteiger partial charge < -0.3 is 34.0 Å². The lowest BCUT2D eigenvalue weighted by Gasteiger charge is -2.63. The van der Waals surface area contributed by atoms with Crippen molar-refractivity contribution in [2.75, 3.05) is 35.6 Å². The van der Waals surface area contributed by atoms with Crippen LogP contribution in [0.4, 0.5) is 11.6 Å². The quantitative estimate of drug-likeness (QED) is 0.0739. The molecule has 17 heteroatoms. The number of hydrogen-bond acceptors (Lipinski definition) is 11. The molecule has 0 bridgehead atoms. The molecule has 3 aromatic carbocycles. The standard InChI is InChI=1S/C51H57ClN8O7S/c1-50(2)47(51(3,4)48(50)67-38-16-14-33(28-53)42(52)27-38)57-45(61)34-29-55-49(56-30-34)60-22-19-36(20-23-60)65-24-9-7-8-11-32-12-10-13-37(25-32)66-43-17-15-35(58-68(6,63)64)26-40(43)41-31-59(5)46(62)44-39(41)18-21-54-44/h10,12-18,21,25-27,29-31,36,47-48,54,58H,7-9,11,19-20,22-24H2,1-6H3,(H,57,61). The van der Waals surface area contributed by atoms with Gasteiger partial charge in [-0.3, -0.25) is 14.3 Å². The minimum Gasteiger partial charge on any atom is -0.489 e. The second-order valence-electron chi connectivity index (χ2n) is 19.0. The number of nitrogens with one attached hydrogen (secondary N) is 3. The van der Waals surface area contributed by atoms with Crippen LogP contribution in [0, 0.1) is 22.2 Å². The summed E-state index contributed by atoms with van der Waals surface area (Å²) in [6.45, 7) is 10.5. The molecule has 0 spiro atoms. The molecule has 0 atom stereocenters. The molecule has 1 saturated carbocycles. The number of ether oxygens (including phenoxy) is 3. The van der Waals surface area contributed by atoms with Crippen molar-refractivity contribution in [2.45, 2.75) is 84.5 Å². The molecule has 0 unspecified atom stereocenters. The van der Waals surface area contributed by atoms with Crippen LogP contribution in [0.2, 0.25) is 5.02 Å². The Morgan fingerprint density at radius 1 is 0.956 bits per heavy atom. The number of carbonyl (C=O) groups excluding carboxylic acids is 1. The number of nitriles is 1. The molecule has 3 N–H and O–H groups in total. The van der Waals surface area contributed by atoms with Gasteiger partial charge in [0, 0.05) is 96.7 Å². The summed E-state index contributed by atoms with van der Waals surface area (Å²) in [4.78, 5) is 40.5. The second-order valence-corrected chi connectivity index (χ2v) is 21.2. The van der Waals surface area contributed by atoms with Crippen LogP contribution in [0.5, 0.6) is 17.2 Å². The first-order valence-corrected chi connectivity index (χ1v) is 25.1. The molecule has 1 aliphatic heterocycles. The topological polar surface area (TPSA) is 194 Å².